The first-order valence-corrected chi connectivity index (χ1v) is 6.61. The predicted molar refractivity (Wildman–Crippen MR) is 75.3 cm³/mol. The summed E-state index contributed by atoms with van der Waals surface area (Å²) in [5.41, 5.74) is 1.68. The summed E-state index contributed by atoms with van der Waals surface area (Å²) in [7, 11) is 1.79. The van der Waals surface area contributed by atoms with Gasteiger partial charge in [-0.25, -0.2) is 4.98 Å². The molecule has 0 aliphatic heterocycles. The molecule has 4 nitrogen and oxygen atoms in total. The van der Waals surface area contributed by atoms with Crippen LogP contribution in [0.5, 0.6) is 0 Å². The number of carbonyl (C=O) groups excluding carboxylic acids is 1. The first-order chi connectivity index (χ1) is 9.20. The third kappa shape index (κ3) is 3.58. The van der Waals surface area contributed by atoms with Crippen molar-refractivity contribution in [1.82, 2.24) is 14.9 Å². The van der Waals surface area contributed by atoms with Crippen LogP contribution in [0.4, 0.5) is 0 Å². The molecule has 0 aliphatic rings. The number of aromatic nitrogens is 2. The van der Waals surface area contributed by atoms with Crippen molar-refractivity contribution in [2.45, 2.75) is 12.5 Å². The van der Waals surface area contributed by atoms with E-state index in [4.69, 9.17) is 11.6 Å². The van der Waals surface area contributed by atoms with Gasteiger partial charge in [0.1, 0.15) is 5.69 Å². The van der Waals surface area contributed by atoms with Crippen LogP contribution in [0.2, 0.25) is 0 Å². The second kappa shape index (κ2) is 6.38. The zero-order chi connectivity index (χ0) is 13.7. The molecule has 2 rings (SSSR count). The van der Waals surface area contributed by atoms with E-state index in [1.54, 1.807) is 24.1 Å². The number of aryl methyl sites for hydroxylation is 1. The Morgan fingerprint density at radius 3 is 2.74 bits per heavy atom. The maximum Gasteiger partial charge on any atom is 0.269 e. The second-order valence-corrected chi connectivity index (χ2v) is 4.71. The number of halogens is 1. The Balaban J connectivity index is 2.00. The molecule has 19 heavy (non-hydrogen) atoms. The Kier molecular flexibility index (Phi) is 4.58. The number of nitrogens with zero attached hydrogens (tertiary/aromatic N) is 2. The zero-order valence-corrected chi connectivity index (χ0v) is 11.5. The molecule has 0 bridgehead atoms. The highest BCUT2D eigenvalue weighted by Gasteiger charge is 2.15. The maximum absolute atomic E-state index is 12.1. The summed E-state index contributed by atoms with van der Waals surface area (Å²) >= 11 is 5.93. The van der Waals surface area contributed by atoms with Crippen molar-refractivity contribution in [2.24, 2.45) is 7.05 Å². The topological polar surface area (TPSA) is 46.9 Å². The van der Waals surface area contributed by atoms with Crippen LogP contribution in [0.25, 0.3) is 0 Å². The van der Waals surface area contributed by atoms with Crippen molar-refractivity contribution in [1.29, 1.82) is 0 Å². The number of amides is 1. The van der Waals surface area contributed by atoms with Gasteiger partial charge in [0.05, 0.1) is 12.5 Å². The van der Waals surface area contributed by atoms with E-state index in [1.807, 2.05) is 30.3 Å². The molecule has 0 spiro atoms. The number of nitrogens with one attached hydrogen (secondary N) is 1. The summed E-state index contributed by atoms with van der Waals surface area (Å²) in [6, 6.07) is 9.87. The van der Waals surface area contributed by atoms with Gasteiger partial charge in [-0.2, -0.15) is 0 Å². The number of imidazole rings is 1. The third-order valence-corrected chi connectivity index (χ3v) is 3.27. The van der Waals surface area contributed by atoms with Gasteiger partial charge >= 0.3 is 0 Å². The van der Waals surface area contributed by atoms with Crippen LogP contribution < -0.4 is 5.32 Å². The third-order valence-electron chi connectivity index (χ3n) is 2.90. The highest BCUT2D eigenvalue weighted by molar-refractivity contribution is 6.18. The number of rotatable bonds is 5. The lowest BCUT2D eigenvalue weighted by Crippen LogP contribution is -2.38. The fourth-order valence-electron chi connectivity index (χ4n) is 1.88. The van der Waals surface area contributed by atoms with Gasteiger partial charge in [0, 0.05) is 19.0 Å². The van der Waals surface area contributed by atoms with Crippen LogP contribution in [0.3, 0.4) is 0 Å². The summed E-state index contributed by atoms with van der Waals surface area (Å²) in [5.74, 6) is 0.222. The summed E-state index contributed by atoms with van der Waals surface area (Å²) in [5, 5.41) is 2.93. The number of benzene rings is 1. The fourth-order valence-corrected chi connectivity index (χ4v) is 2.06. The molecule has 1 unspecified atom stereocenters. The van der Waals surface area contributed by atoms with Crippen molar-refractivity contribution < 1.29 is 4.79 Å². The van der Waals surface area contributed by atoms with Gasteiger partial charge in [0.15, 0.2) is 0 Å². The maximum atomic E-state index is 12.1. The lowest BCUT2D eigenvalue weighted by molar-refractivity contribution is 0.0932. The molecule has 1 amide bonds. The number of hydrogen-bond donors (Lipinski definition) is 1. The van der Waals surface area contributed by atoms with E-state index in [0.717, 1.165) is 5.56 Å². The van der Waals surface area contributed by atoms with Gasteiger partial charge in [-0.1, -0.05) is 30.3 Å². The van der Waals surface area contributed by atoms with Crippen LogP contribution in [0.15, 0.2) is 42.9 Å². The molecule has 1 heterocycles. The molecule has 1 aromatic heterocycles. The van der Waals surface area contributed by atoms with Crippen molar-refractivity contribution in [3.05, 3.63) is 54.1 Å². The predicted octanol–water partition coefficient (Wildman–Crippen LogP) is 2.00. The molecule has 100 valence electrons. The average molecular weight is 278 g/mol. The summed E-state index contributed by atoms with van der Waals surface area (Å²) in [4.78, 5) is 16.0. The average Bonchev–Trinajstić information content (AvgIpc) is 2.85. The SMILES string of the molecule is Cn1cncc1C(=O)NC(CCl)Cc1ccccc1. The first-order valence-electron chi connectivity index (χ1n) is 6.07. The van der Waals surface area contributed by atoms with Crippen molar-refractivity contribution in [3.63, 3.8) is 0 Å². The molecule has 1 N–H and O–H groups in total. The fraction of sp³-hybridized carbons (Fsp3) is 0.286. The minimum Gasteiger partial charge on any atom is -0.346 e. The first kappa shape index (κ1) is 13.6. The molecule has 5 heteroatoms. The Hall–Kier alpha value is -1.81. The smallest absolute Gasteiger partial charge is 0.269 e. The van der Waals surface area contributed by atoms with Crippen molar-refractivity contribution in [2.75, 3.05) is 5.88 Å². The lowest BCUT2D eigenvalue weighted by Gasteiger charge is -2.16. The second-order valence-electron chi connectivity index (χ2n) is 4.40. The molecule has 1 aromatic carbocycles. The lowest BCUT2D eigenvalue weighted by atomic mass is 10.1. The van der Waals surface area contributed by atoms with Gasteiger partial charge in [-0.15, -0.1) is 11.6 Å². The van der Waals surface area contributed by atoms with E-state index in [0.29, 0.717) is 18.0 Å². The standard InChI is InChI=1S/C14H16ClN3O/c1-18-10-16-9-13(18)14(19)17-12(8-15)7-11-5-3-2-4-6-11/h2-6,9-10,12H,7-8H2,1H3,(H,17,19). The van der Waals surface area contributed by atoms with Crippen LogP contribution in [0, 0.1) is 0 Å². The summed E-state index contributed by atoms with van der Waals surface area (Å²) < 4.78 is 1.68. The van der Waals surface area contributed by atoms with Crippen LogP contribution >= 0.6 is 11.6 Å². The van der Waals surface area contributed by atoms with E-state index >= 15 is 0 Å². The quantitative estimate of drug-likeness (QED) is 0.850. The largest absolute Gasteiger partial charge is 0.346 e. The summed E-state index contributed by atoms with van der Waals surface area (Å²) in [6.45, 7) is 0. The monoisotopic (exact) mass is 277 g/mol. The van der Waals surface area contributed by atoms with E-state index in [2.05, 4.69) is 10.3 Å². The van der Waals surface area contributed by atoms with Gasteiger partial charge in [0.25, 0.3) is 5.91 Å². The minimum absolute atomic E-state index is 0.0912. The van der Waals surface area contributed by atoms with E-state index in [1.165, 1.54) is 0 Å². The Morgan fingerprint density at radius 2 is 2.16 bits per heavy atom. The molecule has 1 atom stereocenters. The van der Waals surface area contributed by atoms with Crippen LogP contribution in [-0.2, 0) is 13.5 Å². The molecule has 0 radical (unpaired) electrons. The number of carbonyl (C=O) groups is 1. The van der Waals surface area contributed by atoms with Gasteiger partial charge < -0.3 is 9.88 Å². The Morgan fingerprint density at radius 1 is 1.42 bits per heavy atom. The Bertz CT molecular complexity index is 539. The molecule has 0 saturated carbocycles. The van der Waals surface area contributed by atoms with Gasteiger partial charge in [-0.05, 0) is 12.0 Å². The zero-order valence-electron chi connectivity index (χ0n) is 10.7. The van der Waals surface area contributed by atoms with Crippen LogP contribution in [-0.4, -0.2) is 27.4 Å². The number of alkyl halides is 1. The molecular weight excluding hydrogens is 262 g/mol. The highest BCUT2D eigenvalue weighted by Crippen LogP contribution is 2.06. The van der Waals surface area contributed by atoms with Crippen molar-refractivity contribution >= 4 is 17.5 Å². The molecule has 2 aromatic rings. The molecule has 0 fully saturated rings. The van der Waals surface area contributed by atoms with E-state index in [9.17, 15) is 4.79 Å². The Labute approximate surface area is 117 Å². The van der Waals surface area contributed by atoms with E-state index < -0.39 is 0 Å². The van der Waals surface area contributed by atoms with Gasteiger partial charge in [-0.3, -0.25) is 4.79 Å². The van der Waals surface area contributed by atoms with E-state index in [-0.39, 0.29) is 11.9 Å². The molecule has 0 aliphatic carbocycles. The highest BCUT2D eigenvalue weighted by atomic mass is 35.5. The molecular formula is C14H16ClN3O. The van der Waals surface area contributed by atoms with Crippen molar-refractivity contribution in [3.8, 4) is 0 Å². The number of hydrogen-bond acceptors (Lipinski definition) is 2. The van der Waals surface area contributed by atoms with Crippen LogP contribution in [0.1, 0.15) is 16.1 Å². The molecule has 0 saturated heterocycles. The minimum atomic E-state index is -0.151. The normalized spacial score (nSPS) is 12.1. The van der Waals surface area contributed by atoms with Gasteiger partial charge in [0.2, 0.25) is 0 Å². The summed E-state index contributed by atoms with van der Waals surface area (Å²) in [6.07, 6.45) is 3.86.